The summed E-state index contributed by atoms with van der Waals surface area (Å²) < 4.78 is 5.74. The number of benzene rings is 2. The van der Waals surface area contributed by atoms with Gasteiger partial charge >= 0.3 is 0 Å². The van der Waals surface area contributed by atoms with Crippen molar-refractivity contribution in [2.24, 2.45) is 5.73 Å². The van der Waals surface area contributed by atoms with E-state index in [1.54, 1.807) is 12.1 Å². The van der Waals surface area contributed by atoms with Gasteiger partial charge in [-0.15, -0.1) is 0 Å². The summed E-state index contributed by atoms with van der Waals surface area (Å²) >= 11 is 0. The third kappa shape index (κ3) is 4.59. The maximum absolute atomic E-state index is 12.8. The fourth-order valence-corrected chi connectivity index (χ4v) is 2.34. The van der Waals surface area contributed by atoms with Crippen LogP contribution in [-0.2, 0) is 11.4 Å². The Morgan fingerprint density at radius 2 is 1.67 bits per heavy atom. The van der Waals surface area contributed by atoms with Crippen molar-refractivity contribution >= 4 is 11.8 Å². The number of nitrogens with two attached hydrogens (primary N) is 1. The fraction of sp³-hybridized carbons (Fsp3) is 0.263. The standard InChI is InChI=1S/C19H22N2O3/c1-14(2)21(12-18(20)22)19(23)17-11-7-6-8-15(17)13-24-16-9-4-3-5-10-16/h3-11,14H,12-13H2,1-2H3,(H2,20,22). The maximum Gasteiger partial charge on any atom is 0.254 e. The van der Waals surface area contributed by atoms with E-state index in [4.69, 9.17) is 10.5 Å². The van der Waals surface area contributed by atoms with Gasteiger partial charge in [-0.25, -0.2) is 0 Å². The molecule has 126 valence electrons. The first-order valence-corrected chi connectivity index (χ1v) is 7.84. The zero-order chi connectivity index (χ0) is 17.5. The molecule has 0 radical (unpaired) electrons. The summed E-state index contributed by atoms with van der Waals surface area (Å²) in [6.45, 7) is 3.87. The largest absolute Gasteiger partial charge is 0.489 e. The lowest BCUT2D eigenvalue weighted by Crippen LogP contribution is -2.43. The van der Waals surface area contributed by atoms with Gasteiger partial charge in [0.25, 0.3) is 5.91 Å². The number of ether oxygens (including phenoxy) is 1. The van der Waals surface area contributed by atoms with Crippen LogP contribution in [-0.4, -0.2) is 29.3 Å². The molecular formula is C19H22N2O3. The van der Waals surface area contributed by atoms with Crippen molar-refractivity contribution in [3.05, 3.63) is 65.7 Å². The van der Waals surface area contributed by atoms with Gasteiger partial charge in [-0.05, 0) is 32.0 Å². The average molecular weight is 326 g/mol. The van der Waals surface area contributed by atoms with Crippen molar-refractivity contribution in [1.29, 1.82) is 0 Å². The minimum atomic E-state index is -0.532. The number of amides is 2. The summed E-state index contributed by atoms with van der Waals surface area (Å²) in [5.41, 5.74) is 6.54. The number of primary amides is 1. The lowest BCUT2D eigenvalue weighted by molar-refractivity contribution is -0.119. The summed E-state index contributed by atoms with van der Waals surface area (Å²) in [5.74, 6) is -0.0243. The Kier molecular flexibility index (Phi) is 5.95. The van der Waals surface area contributed by atoms with E-state index >= 15 is 0 Å². The number of para-hydroxylation sites is 1. The average Bonchev–Trinajstić information content (AvgIpc) is 2.58. The van der Waals surface area contributed by atoms with Crippen LogP contribution in [0.2, 0.25) is 0 Å². The Morgan fingerprint density at radius 1 is 1.04 bits per heavy atom. The smallest absolute Gasteiger partial charge is 0.254 e. The van der Waals surface area contributed by atoms with Crippen molar-refractivity contribution < 1.29 is 14.3 Å². The summed E-state index contributed by atoms with van der Waals surface area (Å²) in [6.07, 6.45) is 0. The fourth-order valence-electron chi connectivity index (χ4n) is 2.34. The van der Waals surface area contributed by atoms with E-state index in [0.29, 0.717) is 5.56 Å². The van der Waals surface area contributed by atoms with E-state index in [1.165, 1.54) is 4.90 Å². The third-order valence-corrected chi connectivity index (χ3v) is 3.60. The maximum atomic E-state index is 12.8. The van der Waals surface area contributed by atoms with E-state index in [1.807, 2.05) is 56.3 Å². The van der Waals surface area contributed by atoms with Crippen LogP contribution in [0.5, 0.6) is 5.75 Å². The second kappa shape index (κ2) is 8.15. The predicted molar refractivity (Wildman–Crippen MR) is 92.6 cm³/mol. The van der Waals surface area contributed by atoms with Crippen molar-refractivity contribution in [2.45, 2.75) is 26.5 Å². The normalized spacial score (nSPS) is 10.5. The minimum absolute atomic E-state index is 0.107. The SMILES string of the molecule is CC(C)N(CC(N)=O)C(=O)c1ccccc1COc1ccccc1. The Morgan fingerprint density at radius 3 is 2.29 bits per heavy atom. The van der Waals surface area contributed by atoms with Crippen molar-refractivity contribution in [3.8, 4) is 5.75 Å². The first-order chi connectivity index (χ1) is 11.5. The van der Waals surface area contributed by atoms with Crippen LogP contribution < -0.4 is 10.5 Å². The number of carbonyl (C=O) groups excluding carboxylic acids is 2. The van der Waals surface area contributed by atoms with Gasteiger partial charge in [0.1, 0.15) is 12.4 Å². The molecule has 0 bridgehead atoms. The number of rotatable bonds is 7. The zero-order valence-corrected chi connectivity index (χ0v) is 13.9. The summed E-state index contributed by atoms with van der Waals surface area (Å²) in [5, 5.41) is 0. The van der Waals surface area contributed by atoms with E-state index in [2.05, 4.69) is 0 Å². The third-order valence-electron chi connectivity index (χ3n) is 3.60. The molecule has 2 aromatic carbocycles. The topological polar surface area (TPSA) is 72.6 Å². The highest BCUT2D eigenvalue weighted by Crippen LogP contribution is 2.17. The summed E-state index contributed by atoms with van der Waals surface area (Å²) in [7, 11) is 0. The molecule has 0 unspecified atom stereocenters. The molecule has 0 fully saturated rings. The van der Waals surface area contributed by atoms with E-state index in [9.17, 15) is 9.59 Å². The van der Waals surface area contributed by atoms with Crippen LogP contribution in [0.4, 0.5) is 0 Å². The highest BCUT2D eigenvalue weighted by molar-refractivity contribution is 5.97. The van der Waals surface area contributed by atoms with Crippen LogP contribution in [0.1, 0.15) is 29.8 Å². The van der Waals surface area contributed by atoms with Gasteiger partial charge < -0.3 is 15.4 Å². The van der Waals surface area contributed by atoms with E-state index in [-0.39, 0.29) is 25.1 Å². The molecule has 0 aliphatic heterocycles. The molecule has 0 heterocycles. The molecule has 2 amide bonds. The van der Waals surface area contributed by atoms with Crippen LogP contribution in [0.3, 0.4) is 0 Å². The first-order valence-electron chi connectivity index (χ1n) is 7.84. The van der Waals surface area contributed by atoms with Gasteiger partial charge in [0.2, 0.25) is 5.91 Å². The minimum Gasteiger partial charge on any atom is -0.489 e. The van der Waals surface area contributed by atoms with Crippen LogP contribution in [0.15, 0.2) is 54.6 Å². The number of nitrogens with zero attached hydrogens (tertiary/aromatic N) is 1. The lowest BCUT2D eigenvalue weighted by atomic mass is 10.1. The molecule has 0 saturated heterocycles. The van der Waals surface area contributed by atoms with Crippen LogP contribution in [0.25, 0.3) is 0 Å². The Balaban J connectivity index is 2.20. The molecule has 0 saturated carbocycles. The van der Waals surface area contributed by atoms with Gasteiger partial charge in [-0.2, -0.15) is 0 Å². The quantitative estimate of drug-likeness (QED) is 0.850. The second-order valence-electron chi connectivity index (χ2n) is 5.75. The van der Waals surface area contributed by atoms with Gasteiger partial charge in [0.05, 0.1) is 6.54 Å². The van der Waals surface area contributed by atoms with E-state index in [0.717, 1.165) is 11.3 Å². The molecular weight excluding hydrogens is 304 g/mol. The van der Waals surface area contributed by atoms with Crippen molar-refractivity contribution in [3.63, 3.8) is 0 Å². The molecule has 0 spiro atoms. The first kappa shape index (κ1) is 17.5. The molecule has 5 heteroatoms. The lowest BCUT2D eigenvalue weighted by Gasteiger charge is -2.26. The highest BCUT2D eigenvalue weighted by atomic mass is 16.5. The molecule has 0 aliphatic carbocycles. The molecule has 5 nitrogen and oxygen atoms in total. The van der Waals surface area contributed by atoms with Crippen LogP contribution in [0, 0.1) is 0 Å². The molecule has 2 aromatic rings. The number of carbonyl (C=O) groups is 2. The zero-order valence-electron chi connectivity index (χ0n) is 13.9. The second-order valence-corrected chi connectivity index (χ2v) is 5.75. The van der Waals surface area contributed by atoms with Gasteiger partial charge in [-0.1, -0.05) is 36.4 Å². The Labute approximate surface area is 142 Å². The molecule has 24 heavy (non-hydrogen) atoms. The molecule has 2 N–H and O–H groups in total. The van der Waals surface area contributed by atoms with Crippen molar-refractivity contribution in [1.82, 2.24) is 4.90 Å². The van der Waals surface area contributed by atoms with E-state index < -0.39 is 5.91 Å². The number of hydrogen-bond donors (Lipinski definition) is 1. The highest BCUT2D eigenvalue weighted by Gasteiger charge is 2.22. The van der Waals surface area contributed by atoms with Gasteiger partial charge in [0, 0.05) is 17.2 Å². The number of hydrogen-bond acceptors (Lipinski definition) is 3. The molecule has 0 aliphatic rings. The van der Waals surface area contributed by atoms with Crippen molar-refractivity contribution in [2.75, 3.05) is 6.54 Å². The molecule has 2 rings (SSSR count). The Hall–Kier alpha value is -2.82. The predicted octanol–water partition coefficient (Wildman–Crippen LogP) is 2.60. The molecule has 0 atom stereocenters. The Bertz CT molecular complexity index is 699. The van der Waals surface area contributed by atoms with Gasteiger partial charge in [0.15, 0.2) is 0 Å². The summed E-state index contributed by atoms with van der Waals surface area (Å²) in [4.78, 5) is 25.5. The molecule has 0 aromatic heterocycles. The monoisotopic (exact) mass is 326 g/mol. The van der Waals surface area contributed by atoms with Crippen LogP contribution >= 0.6 is 0 Å². The van der Waals surface area contributed by atoms with Gasteiger partial charge in [-0.3, -0.25) is 9.59 Å². The summed E-state index contributed by atoms with van der Waals surface area (Å²) in [6, 6.07) is 16.5.